The summed E-state index contributed by atoms with van der Waals surface area (Å²) < 4.78 is 29.9. The van der Waals surface area contributed by atoms with Gasteiger partial charge in [0.1, 0.15) is 12.4 Å². The number of hydrogen-bond acceptors (Lipinski definition) is 8. The zero-order chi connectivity index (χ0) is 33.6. The molecule has 2 aliphatic heterocycles. The minimum absolute atomic E-state index is 0.000830. The molecule has 0 unspecified atom stereocenters. The van der Waals surface area contributed by atoms with Crippen molar-refractivity contribution in [2.75, 3.05) is 19.7 Å². The normalized spacial score (nSPS) is 39.3. The number of hydrogen-bond donors (Lipinski definition) is 3. The molecule has 6 aliphatic rings. The molecule has 0 amide bonds. The number of allylic oxidation sites excluding steroid dienone is 1. The lowest BCUT2D eigenvalue weighted by Gasteiger charge is -2.60. The molecule has 2 aromatic rings. The van der Waals surface area contributed by atoms with Crippen LogP contribution in [0.2, 0.25) is 0 Å². The van der Waals surface area contributed by atoms with Crippen LogP contribution >= 0.6 is 0 Å². The van der Waals surface area contributed by atoms with Gasteiger partial charge in [-0.05, 0) is 104 Å². The van der Waals surface area contributed by atoms with Gasteiger partial charge in [0.05, 0.1) is 35.9 Å². The summed E-state index contributed by atoms with van der Waals surface area (Å²) in [7, 11) is 0. The number of aromatic nitrogens is 2. The number of ether oxygens (including phenoxy) is 2. The maximum Gasteiger partial charge on any atom is 0.193 e. The molecule has 9 atom stereocenters. The molecule has 0 radical (unpaired) electrons. The minimum atomic E-state index is -1.24. The van der Waals surface area contributed by atoms with Crippen molar-refractivity contribution in [2.24, 2.45) is 28.6 Å². The summed E-state index contributed by atoms with van der Waals surface area (Å²) in [5.41, 5.74) is 2.73. The molecule has 1 aromatic heterocycles. The molecule has 1 aromatic carbocycles. The fourth-order valence-electron chi connectivity index (χ4n) is 11.3. The molecule has 0 bridgehead atoms. The van der Waals surface area contributed by atoms with Crippen molar-refractivity contribution in [3.8, 4) is 5.69 Å². The maximum atomic E-state index is 15.0. The summed E-state index contributed by atoms with van der Waals surface area (Å²) >= 11 is 0. The SMILES string of the molecule is CCC[C@@H]1O[C@@H]2C[C@H]3[C@@H]4CCC5=Cc6c(cnn6-c6ccc(F)c(CN7CCC(O)CC7)c6)C[C@]5(C)[C@H]4[C@@H](O)C[C@]3(C)[C@]2(C(=O)CO)O1. The average molecular weight is 664 g/mol. The van der Waals surface area contributed by atoms with E-state index in [4.69, 9.17) is 14.6 Å². The van der Waals surface area contributed by atoms with E-state index in [1.807, 2.05) is 16.9 Å². The van der Waals surface area contributed by atoms with Crippen LogP contribution in [0.5, 0.6) is 0 Å². The molecule has 2 saturated heterocycles. The zero-order valence-corrected chi connectivity index (χ0v) is 28.4. The van der Waals surface area contributed by atoms with Crippen LogP contribution in [0.1, 0.15) is 89.0 Å². The predicted octanol–water partition coefficient (Wildman–Crippen LogP) is 4.57. The first kappa shape index (κ1) is 32.7. The zero-order valence-electron chi connectivity index (χ0n) is 28.4. The number of ketones is 1. The highest BCUT2D eigenvalue weighted by Gasteiger charge is 2.75. The van der Waals surface area contributed by atoms with Crippen molar-refractivity contribution in [1.29, 1.82) is 0 Å². The number of nitrogens with zero attached hydrogens (tertiary/aromatic N) is 3. The second-order valence-corrected chi connectivity index (χ2v) is 16.1. The predicted molar refractivity (Wildman–Crippen MR) is 176 cm³/mol. The molecular weight excluding hydrogens is 613 g/mol. The molecule has 260 valence electrons. The highest BCUT2D eigenvalue weighted by Crippen LogP contribution is 2.70. The van der Waals surface area contributed by atoms with Crippen molar-refractivity contribution in [2.45, 2.75) is 115 Å². The number of aliphatic hydroxyl groups excluding tert-OH is 3. The number of piperidine rings is 1. The van der Waals surface area contributed by atoms with Gasteiger partial charge >= 0.3 is 0 Å². The Morgan fingerprint density at radius 3 is 2.71 bits per heavy atom. The van der Waals surface area contributed by atoms with Crippen molar-refractivity contribution in [3.05, 3.63) is 52.6 Å². The second kappa shape index (κ2) is 11.8. The Hall–Kier alpha value is -2.47. The van der Waals surface area contributed by atoms with Gasteiger partial charge in [-0.1, -0.05) is 32.8 Å². The van der Waals surface area contributed by atoms with E-state index in [1.54, 1.807) is 6.07 Å². The Kier molecular flexibility index (Phi) is 8.05. The number of rotatable bonds is 7. The lowest BCUT2D eigenvalue weighted by atomic mass is 9.45. The molecule has 10 heteroatoms. The van der Waals surface area contributed by atoms with Gasteiger partial charge in [0.25, 0.3) is 0 Å². The summed E-state index contributed by atoms with van der Waals surface area (Å²) in [5, 5.41) is 37.0. The third-order valence-electron chi connectivity index (χ3n) is 13.5. The van der Waals surface area contributed by atoms with E-state index in [0.717, 1.165) is 55.7 Å². The van der Waals surface area contributed by atoms with Gasteiger partial charge in [-0.2, -0.15) is 5.10 Å². The van der Waals surface area contributed by atoms with Gasteiger partial charge in [-0.3, -0.25) is 9.69 Å². The molecule has 48 heavy (non-hydrogen) atoms. The topological polar surface area (TPSA) is 117 Å². The Morgan fingerprint density at radius 1 is 1.17 bits per heavy atom. The second-order valence-electron chi connectivity index (χ2n) is 16.1. The van der Waals surface area contributed by atoms with Gasteiger partial charge in [0.2, 0.25) is 0 Å². The molecule has 5 fully saturated rings. The number of Topliss-reactive ketones (excluding diaryl/α,β-unsaturated/α-hetero) is 1. The summed E-state index contributed by atoms with van der Waals surface area (Å²) in [5.74, 6) is -0.253. The molecule has 3 heterocycles. The van der Waals surface area contributed by atoms with E-state index in [-0.39, 0.29) is 40.9 Å². The third kappa shape index (κ3) is 4.69. The standard InChI is InChI=1S/C38H50FN3O6/c1-4-5-34-47-33-16-28-27-8-6-24-15-30-23(17-36(24,2)35(27)31(45)18-37(28,3)38(33,48-34)32(46)21-43)19-40-42(30)25-7-9-29(39)22(14-25)20-41-12-10-26(44)11-13-41/h7,9,14-15,19,26-28,31,33-35,43-45H,4-6,8,10-13,16-18,20-21H2,1-3H3/t27-,28-,31-,33+,34+,35+,36-,37-,38+/m0/s1. The van der Waals surface area contributed by atoms with Crippen LogP contribution < -0.4 is 0 Å². The average Bonchev–Trinajstić information content (AvgIpc) is 3.70. The van der Waals surface area contributed by atoms with Gasteiger partial charge in [0, 0.05) is 30.6 Å². The third-order valence-corrected chi connectivity index (χ3v) is 13.5. The van der Waals surface area contributed by atoms with Crippen molar-refractivity contribution < 1.29 is 34.0 Å². The van der Waals surface area contributed by atoms with E-state index in [0.29, 0.717) is 44.2 Å². The van der Waals surface area contributed by atoms with Crippen molar-refractivity contribution in [3.63, 3.8) is 0 Å². The van der Waals surface area contributed by atoms with Gasteiger partial charge in [0.15, 0.2) is 17.7 Å². The number of carbonyl (C=O) groups is 1. The van der Waals surface area contributed by atoms with Crippen LogP contribution in [0.15, 0.2) is 30.0 Å². The minimum Gasteiger partial charge on any atom is -0.393 e. The van der Waals surface area contributed by atoms with E-state index >= 15 is 0 Å². The first-order chi connectivity index (χ1) is 23.0. The number of fused-ring (bicyclic) bond motifs is 8. The monoisotopic (exact) mass is 663 g/mol. The fraction of sp³-hybridized carbons (Fsp3) is 0.684. The van der Waals surface area contributed by atoms with Crippen LogP contribution in [0.3, 0.4) is 0 Å². The largest absolute Gasteiger partial charge is 0.393 e. The lowest BCUT2D eigenvalue weighted by molar-refractivity contribution is -0.202. The Labute approximate surface area is 282 Å². The van der Waals surface area contributed by atoms with Gasteiger partial charge in [-0.25, -0.2) is 9.07 Å². The number of carbonyl (C=O) groups excluding carboxylic acids is 1. The molecule has 3 saturated carbocycles. The Morgan fingerprint density at radius 2 is 1.96 bits per heavy atom. The summed E-state index contributed by atoms with van der Waals surface area (Å²) in [6.07, 6.45) is 9.00. The first-order valence-corrected chi connectivity index (χ1v) is 18.1. The van der Waals surface area contributed by atoms with Crippen LogP contribution in [0.25, 0.3) is 11.8 Å². The summed E-state index contributed by atoms with van der Waals surface area (Å²) in [6.45, 7) is 7.86. The lowest BCUT2D eigenvalue weighted by Crippen LogP contribution is -2.64. The summed E-state index contributed by atoms with van der Waals surface area (Å²) in [6, 6.07) is 5.22. The van der Waals surface area contributed by atoms with Gasteiger partial charge in [-0.15, -0.1) is 0 Å². The van der Waals surface area contributed by atoms with Crippen LogP contribution in [-0.4, -0.2) is 85.7 Å². The van der Waals surface area contributed by atoms with Crippen molar-refractivity contribution >= 4 is 11.9 Å². The van der Waals surface area contributed by atoms with Crippen LogP contribution in [0, 0.1) is 34.4 Å². The number of aliphatic hydroxyl groups is 3. The van der Waals surface area contributed by atoms with E-state index in [9.17, 15) is 24.5 Å². The number of likely N-dealkylation sites (tertiary alicyclic amines) is 1. The van der Waals surface area contributed by atoms with E-state index in [2.05, 4.69) is 31.7 Å². The van der Waals surface area contributed by atoms with E-state index < -0.39 is 36.1 Å². The maximum absolute atomic E-state index is 15.0. The summed E-state index contributed by atoms with van der Waals surface area (Å²) in [4.78, 5) is 15.8. The van der Waals surface area contributed by atoms with E-state index in [1.165, 1.54) is 11.6 Å². The first-order valence-electron chi connectivity index (χ1n) is 18.1. The molecule has 8 rings (SSSR count). The van der Waals surface area contributed by atoms with Crippen molar-refractivity contribution in [1.82, 2.24) is 14.7 Å². The molecule has 4 aliphatic carbocycles. The molecule has 0 spiro atoms. The fourth-order valence-corrected chi connectivity index (χ4v) is 11.3. The highest BCUT2D eigenvalue weighted by molar-refractivity contribution is 5.91. The van der Waals surface area contributed by atoms with Crippen LogP contribution in [0.4, 0.5) is 4.39 Å². The smallest absolute Gasteiger partial charge is 0.193 e. The Bertz CT molecular complexity index is 1620. The number of halogens is 1. The molecular formula is C38H50FN3O6. The Balaban J connectivity index is 1.08. The van der Waals surface area contributed by atoms with Crippen LogP contribution in [-0.2, 0) is 27.2 Å². The number of benzene rings is 1. The molecule has 3 N–H and O–H groups in total. The highest BCUT2D eigenvalue weighted by atomic mass is 19.1. The van der Waals surface area contributed by atoms with Gasteiger partial charge < -0.3 is 24.8 Å². The molecule has 9 nitrogen and oxygen atoms in total. The quantitative estimate of drug-likeness (QED) is 0.395.